The second-order valence-corrected chi connectivity index (χ2v) is 10.4. The smallest absolute Gasteiger partial charge is 0.225 e. The number of hydrogen-bond acceptors (Lipinski definition) is 7. The van der Waals surface area contributed by atoms with Gasteiger partial charge in [0, 0.05) is 29.3 Å². The van der Waals surface area contributed by atoms with Crippen LogP contribution < -0.4 is 10.6 Å². The summed E-state index contributed by atoms with van der Waals surface area (Å²) in [5.41, 5.74) is 4.02. The molecular formula is C25H28N6OS2. The molecule has 176 valence electrons. The van der Waals surface area contributed by atoms with Crippen molar-refractivity contribution in [1.29, 1.82) is 5.26 Å². The topological polar surface area (TPSA) is 95.6 Å². The highest BCUT2D eigenvalue weighted by molar-refractivity contribution is 7.99. The normalized spacial score (nSPS) is 12.6. The third-order valence-electron chi connectivity index (χ3n) is 5.70. The molecule has 3 aromatic rings. The zero-order valence-electron chi connectivity index (χ0n) is 19.3. The van der Waals surface area contributed by atoms with Crippen molar-refractivity contribution in [3.8, 4) is 6.07 Å². The average Bonchev–Trinajstić information content (AvgIpc) is 3.39. The summed E-state index contributed by atoms with van der Waals surface area (Å²) in [6.07, 6.45) is 6.33. The van der Waals surface area contributed by atoms with E-state index in [1.165, 1.54) is 22.2 Å². The summed E-state index contributed by atoms with van der Waals surface area (Å²) in [6.45, 7) is 7.05. The van der Waals surface area contributed by atoms with Crippen LogP contribution in [0.3, 0.4) is 0 Å². The van der Waals surface area contributed by atoms with E-state index >= 15 is 0 Å². The van der Waals surface area contributed by atoms with E-state index in [1.54, 1.807) is 11.3 Å². The van der Waals surface area contributed by atoms with Crippen LogP contribution in [-0.2, 0) is 30.7 Å². The number of nitrogens with one attached hydrogen (secondary N) is 2. The molecule has 7 nitrogen and oxygen atoms in total. The van der Waals surface area contributed by atoms with E-state index in [9.17, 15) is 10.1 Å². The van der Waals surface area contributed by atoms with E-state index in [2.05, 4.69) is 52.5 Å². The van der Waals surface area contributed by atoms with E-state index in [0.717, 1.165) is 47.9 Å². The number of amides is 1. The lowest BCUT2D eigenvalue weighted by atomic mass is 9.96. The van der Waals surface area contributed by atoms with Gasteiger partial charge in [0.2, 0.25) is 5.91 Å². The molecule has 1 amide bonds. The predicted octanol–water partition coefficient (Wildman–Crippen LogP) is 5.32. The van der Waals surface area contributed by atoms with Crippen LogP contribution in [0.2, 0.25) is 0 Å². The number of hydrogen-bond donors (Lipinski definition) is 2. The first-order valence-electron chi connectivity index (χ1n) is 11.4. The van der Waals surface area contributed by atoms with Gasteiger partial charge < -0.3 is 15.2 Å². The molecule has 1 aliphatic carbocycles. The molecule has 1 aromatic carbocycles. The molecule has 9 heteroatoms. The molecule has 1 aliphatic rings. The fraction of sp³-hybridized carbons (Fsp3) is 0.360. The zero-order valence-corrected chi connectivity index (χ0v) is 20.9. The molecule has 0 saturated carbocycles. The molecule has 2 aromatic heterocycles. The van der Waals surface area contributed by atoms with Crippen molar-refractivity contribution in [3.63, 3.8) is 0 Å². The summed E-state index contributed by atoms with van der Waals surface area (Å²) in [7, 11) is 0. The standard InChI is InChI=1S/C25H28N6OS2/c1-3-13-31-22(16-27-18-10-8-17(2)9-11-18)29-30-25(31)33-14-12-23(32)28-24-20(15-26)19-6-4-5-7-21(19)34-24/h3,8-11,27H,1,4-7,12-14,16H2,2H3,(H,28,32). The molecule has 2 N–H and O–H groups in total. The van der Waals surface area contributed by atoms with Crippen LogP contribution in [0.1, 0.15) is 46.7 Å². The van der Waals surface area contributed by atoms with Gasteiger partial charge in [0.25, 0.3) is 0 Å². The number of thiophene rings is 1. The molecule has 34 heavy (non-hydrogen) atoms. The Kier molecular flexibility index (Phi) is 8.03. The number of carbonyl (C=O) groups excluding carboxylic acids is 1. The molecule has 0 atom stereocenters. The fourth-order valence-corrected chi connectivity index (χ4v) is 6.08. The van der Waals surface area contributed by atoms with Gasteiger partial charge in [-0.05, 0) is 50.3 Å². The maximum absolute atomic E-state index is 12.6. The van der Waals surface area contributed by atoms with E-state index in [0.29, 0.717) is 35.8 Å². The summed E-state index contributed by atoms with van der Waals surface area (Å²) in [6, 6.07) is 10.5. The van der Waals surface area contributed by atoms with Crippen LogP contribution >= 0.6 is 23.1 Å². The first-order valence-corrected chi connectivity index (χ1v) is 13.2. The molecule has 0 aliphatic heterocycles. The quantitative estimate of drug-likeness (QED) is 0.294. The van der Waals surface area contributed by atoms with Crippen LogP contribution in [0, 0.1) is 18.3 Å². The number of thioether (sulfide) groups is 1. The minimum absolute atomic E-state index is 0.0846. The van der Waals surface area contributed by atoms with Crippen molar-refractivity contribution in [2.24, 2.45) is 0 Å². The molecule has 0 unspecified atom stereocenters. The number of anilines is 2. The molecule has 0 radical (unpaired) electrons. The predicted molar refractivity (Wildman–Crippen MR) is 138 cm³/mol. The van der Waals surface area contributed by atoms with Crippen LogP contribution in [-0.4, -0.2) is 26.4 Å². The highest BCUT2D eigenvalue weighted by atomic mass is 32.2. The molecule has 4 rings (SSSR count). The third-order valence-corrected chi connectivity index (χ3v) is 7.88. The van der Waals surface area contributed by atoms with Gasteiger partial charge in [-0.2, -0.15) is 5.26 Å². The monoisotopic (exact) mass is 492 g/mol. The van der Waals surface area contributed by atoms with Crippen LogP contribution in [0.5, 0.6) is 0 Å². The number of benzene rings is 1. The third kappa shape index (κ3) is 5.69. The van der Waals surface area contributed by atoms with Gasteiger partial charge in [-0.1, -0.05) is 35.5 Å². The van der Waals surface area contributed by atoms with Gasteiger partial charge >= 0.3 is 0 Å². The number of carbonyl (C=O) groups is 1. The Bertz CT molecular complexity index is 1210. The Balaban J connectivity index is 1.33. The summed E-state index contributed by atoms with van der Waals surface area (Å²) in [4.78, 5) is 13.8. The largest absolute Gasteiger partial charge is 0.378 e. The minimum atomic E-state index is -0.0846. The summed E-state index contributed by atoms with van der Waals surface area (Å²) >= 11 is 3.05. The van der Waals surface area contributed by atoms with E-state index in [4.69, 9.17) is 0 Å². The van der Waals surface area contributed by atoms with Crippen LogP contribution in [0.4, 0.5) is 10.7 Å². The first kappa shape index (κ1) is 24.0. The second kappa shape index (κ2) is 11.4. The van der Waals surface area contributed by atoms with Crippen LogP contribution in [0.15, 0.2) is 42.1 Å². The number of rotatable bonds is 10. The SMILES string of the molecule is C=CCn1c(CNc2ccc(C)cc2)nnc1SCCC(=O)Nc1sc2c(c1C#N)CCCC2. The van der Waals surface area contributed by atoms with Crippen molar-refractivity contribution in [2.75, 3.05) is 16.4 Å². The van der Waals surface area contributed by atoms with Gasteiger partial charge in [-0.3, -0.25) is 4.79 Å². The molecular weight excluding hydrogens is 464 g/mol. The van der Waals surface area contributed by atoms with Gasteiger partial charge in [0.1, 0.15) is 11.1 Å². The Morgan fingerprint density at radius 2 is 2.09 bits per heavy atom. The van der Waals surface area contributed by atoms with Crippen molar-refractivity contribution >= 4 is 39.7 Å². The molecule has 0 spiro atoms. The van der Waals surface area contributed by atoms with Gasteiger partial charge in [0.05, 0.1) is 12.1 Å². The van der Waals surface area contributed by atoms with E-state index < -0.39 is 0 Å². The minimum Gasteiger partial charge on any atom is -0.378 e. The van der Waals surface area contributed by atoms with Gasteiger partial charge in [-0.25, -0.2) is 0 Å². The lowest BCUT2D eigenvalue weighted by molar-refractivity contribution is -0.115. The van der Waals surface area contributed by atoms with Crippen molar-refractivity contribution in [2.45, 2.75) is 57.3 Å². The molecule has 0 saturated heterocycles. The summed E-state index contributed by atoms with van der Waals surface area (Å²) in [5, 5.41) is 26.1. The van der Waals surface area contributed by atoms with Crippen molar-refractivity contribution in [1.82, 2.24) is 14.8 Å². The van der Waals surface area contributed by atoms with Crippen molar-refractivity contribution in [3.05, 3.63) is 64.3 Å². The lowest BCUT2D eigenvalue weighted by Crippen LogP contribution is -2.13. The zero-order chi connectivity index (χ0) is 23.9. The summed E-state index contributed by atoms with van der Waals surface area (Å²) < 4.78 is 2.01. The van der Waals surface area contributed by atoms with E-state index in [-0.39, 0.29) is 5.91 Å². The Labute approximate surface area is 208 Å². The summed E-state index contributed by atoms with van der Waals surface area (Å²) in [5.74, 6) is 1.30. The highest BCUT2D eigenvalue weighted by Crippen LogP contribution is 2.37. The molecule has 2 heterocycles. The second-order valence-electron chi connectivity index (χ2n) is 8.19. The van der Waals surface area contributed by atoms with Crippen LogP contribution in [0.25, 0.3) is 0 Å². The maximum Gasteiger partial charge on any atom is 0.225 e. The first-order chi connectivity index (χ1) is 16.6. The number of nitriles is 1. The molecule has 0 bridgehead atoms. The van der Waals surface area contributed by atoms with Crippen molar-refractivity contribution < 1.29 is 4.79 Å². The Morgan fingerprint density at radius 3 is 2.85 bits per heavy atom. The lowest BCUT2D eigenvalue weighted by Gasteiger charge is -2.10. The maximum atomic E-state index is 12.6. The number of allylic oxidation sites excluding steroid dienone is 1. The number of aryl methyl sites for hydroxylation is 2. The average molecular weight is 493 g/mol. The Morgan fingerprint density at radius 1 is 1.29 bits per heavy atom. The van der Waals surface area contributed by atoms with Gasteiger partial charge in [-0.15, -0.1) is 28.1 Å². The van der Waals surface area contributed by atoms with Gasteiger partial charge in [0.15, 0.2) is 11.0 Å². The number of fused-ring (bicyclic) bond motifs is 1. The fourth-order valence-electron chi connectivity index (χ4n) is 3.92. The Hall–Kier alpha value is -3.09. The van der Waals surface area contributed by atoms with E-state index in [1.807, 2.05) is 22.8 Å². The molecule has 0 fully saturated rings. The number of aromatic nitrogens is 3. The highest BCUT2D eigenvalue weighted by Gasteiger charge is 2.22. The number of nitrogens with zero attached hydrogens (tertiary/aromatic N) is 4.